The first kappa shape index (κ1) is 14.7. The van der Waals surface area contributed by atoms with Gasteiger partial charge in [0.05, 0.1) is 6.61 Å². The maximum absolute atomic E-state index is 11.3. The average molecular weight is 269 g/mol. The van der Waals surface area contributed by atoms with Crippen molar-refractivity contribution in [1.82, 2.24) is 0 Å². The molecule has 1 aromatic carbocycles. The van der Waals surface area contributed by atoms with E-state index in [1.54, 1.807) is 25.3 Å². The minimum absolute atomic E-state index is 0.331. The van der Waals surface area contributed by atoms with Gasteiger partial charge in [-0.05, 0) is 36.6 Å². The molecule has 0 radical (unpaired) electrons. The molecular weight excluding hydrogens is 252 g/mol. The fourth-order valence-corrected chi connectivity index (χ4v) is 1.43. The highest BCUT2D eigenvalue weighted by Crippen LogP contribution is 2.10. The molecule has 0 N–H and O–H groups in total. The van der Waals surface area contributed by atoms with Gasteiger partial charge in [-0.3, -0.25) is 0 Å². The molecular formula is C14H17ClO3. The molecule has 0 unspecified atom stereocenters. The maximum Gasteiger partial charge on any atom is 0.330 e. The Kier molecular flexibility index (Phi) is 7.14. The van der Waals surface area contributed by atoms with Crippen LogP contribution in [0, 0.1) is 0 Å². The third-order valence-corrected chi connectivity index (χ3v) is 2.52. The topological polar surface area (TPSA) is 35.5 Å². The number of benzene rings is 1. The summed E-state index contributed by atoms with van der Waals surface area (Å²) in [5.41, 5.74) is 0.913. The van der Waals surface area contributed by atoms with E-state index in [0.717, 1.165) is 18.4 Å². The Morgan fingerprint density at radius 1 is 1.22 bits per heavy atom. The van der Waals surface area contributed by atoms with Crippen molar-refractivity contribution in [2.75, 3.05) is 20.3 Å². The number of halogens is 1. The number of rotatable bonds is 7. The van der Waals surface area contributed by atoms with E-state index in [1.807, 2.05) is 12.1 Å². The largest absolute Gasteiger partial charge is 0.463 e. The highest BCUT2D eigenvalue weighted by atomic mass is 35.5. The SMILES string of the molecule is COCCCCOC(=O)C=Cc1ccc(Cl)cc1. The molecule has 0 fully saturated rings. The third-order valence-electron chi connectivity index (χ3n) is 2.27. The molecule has 3 nitrogen and oxygen atoms in total. The zero-order valence-electron chi connectivity index (χ0n) is 10.4. The van der Waals surface area contributed by atoms with Crippen molar-refractivity contribution in [3.05, 3.63) is 40.9 Å². The summed E-state index contributed by atoms with van der Waals surface area (Å²) >= 11 is 5.76. The second kappa shape index (κ2) is 8.72. The van der Waals surface area contributed by atoms with E-state index in [4.69, 9.17) is 21.1 Å². The number of hydrogen-bond donors (Lipinski definition) is 0. The molecule has 0 aromatic heterocycles. The monoisotopic (exact) mass is 268 g/mol. The Morgan fingerprint density at radius 3 is 2.56 bits per heavy atom. The number of hydrogen-bond acceptors (Lipinski definition) is 3. The fraction of sp³-hybridized carbons (Fsp3) is 0.357. The first-order valence-electron chi connectivity index (χ1n) is 5.81. The summed E-state index contributed by atoms with van der Waals surface area (Å²) in [5, 5.41) is 0.674. The van der Waals surface area contributed by atoms with Gasteiger partial charge in [-0.2, -0.15) is 0 Å². The van der Waals surface area contributed by atoms with E-state index in [0.29, 0.717) is 18.2 Å². The lowest BCUT2D eigenvalue weighted by molar-refractivity contribution is -0.137. The summed E-state index contributed by atoms with van der Waals surface area (Å²) in [7, 11) is 1.65. The molecule has 0 aliphatic heterocycles. The molecule has 0 spiro atoms. The summed E-state index contributed by atoms with van der Waals surface area (Å²) in [5.74, 6) is -0.331. The molecule has 0 bridgehead atoms. The maximum atomic E-state index is 11.3. The van der Waals surface area contributed by atoms with Gasteiger partial charge in [0.25, 0.3) is 0 Å². The molecule has 4 heteroatoms. The fourth-order valence-electron chi connectivity index (χ4n) is 1.31. The summed E-state index contributed by atoms with van der Waals surface area (Å²) < 4.78 is 9.93. The van der Waals surface area contributed by atoms with Gasteiger partial charge >= 0.3 is 5.97 Å². The Balaban J connectivity index is 2.25. The number of carbonyl (C=O) groups excluding carboxylic acids is 1. The van der Waals surface area contributed by atoms with Gasteiger partial charge in [-0.1, -0.05) is 23.7 Å². The molecule has 0 saturated carbocycles. The quantitative estimate of drug-likeness (QED) is 0.432. The van der Waals surface area contributed by atoms with Crippen molar-refractivity contribution in [3.63, 3.8) is 0 Å². The van der Waals surface area contributed by atoms with Crippen molar-refractivity contribution in [3.8, 4) is 0 Å². The predicted octanol–water partition coefficient (Wildman–Crippen LogP) is 3.32. The average Bonchev–Trinajstić information content (AvgIpc) is 2.38. The third kappa shape index (κ3) is 6.42. The van der Waals surface area contributed by atoms with Crippen LogP contribution in [0.25, 0.3) is 6.08 Å². The van der Waals surface area contributed by atoms with E-state index in [-0.39, 0.29) is 5.97 Å². The van der Waals surface area contributed by atoms with Gasteiger partial charge in [-0.25, -0.2) is 4.79 Å². The predicted molar refractivity (Wildman–Crippen MR) is 72.6 cm³/mol. The Hall–Kier alpha value is -1.32. The van der Waals surface area contributed by atoms with Crippen LogP contribution in [0.2, 0.25) is 5.02 Å². The van der Waals surface area contributed by atoms with Crippen molar-refractivity contribution < 1.29 is 14.3 Å². The van der Waals surface area contributed by atoms with Crippen molar-refractivity contribution in [2.45, 2.75) is 12.8 Å². The van der Waals surface area contributed by atoms with Crippen molar-refractivity contribution >= 4 is 23.6 Å². The smallest absolute Gasteiger partial charge is 0.330 e. The molecule has 0 atom stereocenters. The molecule has 0 heterocycles. The Labute approximate surface area is 112 Å². The van der Waals surface area contributed by atoms with E-state index < -0.39 is 0 Å². The van der Waals surface area contributed by atoms with Gasteiger partial charge in [0.15, 0.2) is 0 Å². The van der Waals surface area contributed by atoms with Crippen LogP contribution in [0.4, 0.5) is 0 Å². The first-order valence-corrected chi connectivity index (χ1v) is 6.19. The van der Waals surface area contributed by atoms with Gasteiger partial charge in [0.2, 0.25) is 0 Å². The van der Waals surface area contributed by atoms with Crippen LogP contribution in [0.5, 0.6) is 0 Å². The molecule has 0 amide bonds. The van der Waals surface area contributed by atoms with Crippen LogP contribution in [-0.4, -0.2) is 26.3 Å². The van der Waals surface area contributed by atoms with Crippen LogP contribution in [-0.2, 0) is 14.3 Å². The van der Waals surface area contributed by atoms with Crippen molar-refractivity contribution in [1.29, 1.82) is 0 Å². The highest BCUT2D eigenvalue weighted by Gasteiger charge is 1.97. The summed E-state index contributed by atoms with van der Waals surface area (Å²) in [6.07, 6.45) is 4.83. The van der Waals surface area contributed by atoms with Crippen LogP contribution >= 0.6 is 11.6 Å². The second-order valence-electron chi connectivity index (χ2n) is 3.75. The van der Waals surface area contributed by atoms with E-state index in [9.17, 15) is 4.79 Å². The molecule has 0 aliphatic carbocycles. The molecule has 1 aromatic rings. The lowest BCUT2D eigenvalue weighted by Gasteiger charge is -2.01. The Morgan fingerprint density at radius 2 is 1.89 bits per heavy atom. The van der Waals surface area contributed by atoms with Gasteiger partial charge in [-0.15, -0.1) is 0 Å². The van der Waals surface area contributed by atoms with Crippen LogP contribution < -0.4 is 0 Å². The van der Waals surface area contributed by atoms with Crippen LogP contribution in [0.1, 0.15) is 18.4 Å². The van der Waals surface area contributed by atoms with Gasteiger partial charge in [0.1, 0.15) is 0 Å². The molecule has 18 heavy (non-hydrogen) atoms. The summed E-state index contributed by atoms with van der Waals surface area (Å²) in [6.45, 7) is 1.12. The highest BCUT2D eigenvalue weighted by molar-refractivity contribution is 6.30. The number of unbranched alkanes of at least 4 members (excludes halogenated alkanes) is 1. The zero-order valence-corrected chi connectivity index (χ0v) is 11.2. The Bertz CT molecular complexity index is 385. The first-order chi connectivity index (χ1) is 8.72. The van der Waals surface area contributed by atoms with E-state index in [1.165, 1.54) is 6.08 Å². The van der Waals surface area contributed by atoms with Crippen LogP contribution in [0.3, 0.4) is 0 Å². The lowest BCUT2D eigenvalue weighted by atomic mass is 10.2. The van der Waals surface area contributed by atoms with Crippen LogP contribution in [0.15, 0.2) is 30.3 Å². The minimum atomic E-state index is -0.331. The van der Waals surface area contributed by atoms with E-state index >= 15 is 0 Å². The zero-order chi connectivity index (χ0) is 13.2. The standard InChI is InChI=1S/C14H17ClO3/c1-17-10-2-3-11-18-14(16)9-6-12-4-7-13(15)8-5-12/h4-9H,2-3,10-11H2,1H3. The molecule has 0 saturated heterocycles. The summed E-state index contributed by atoms with van der Waals surface area (Å²) in [4.78, 5) is 11.3. The second-order valence-corrected chi connectivity index (χ2v) is 4.19. The van der Waals surface area contributed by atoms with Gasteiger partial charge in [0, 0.05) is 24.8 Å². The van der Waals surface area contributed by atoms with Gasteiger partial charge < -0.3 is 9.47 Å². The lowest BCUT2D eigenvalue weighted by Crippen LogP contribution is -2.03. The molecule has 0 aliphatic rings. The number of methoxy groups -OCH3 is 1. The normalized spacial score (nSPS) is 10.8. The number of esters is 1. The van der Waals surface area contributed by atoms with E-state index in [2.05, 4.69) is 0 Å². The minimum Gasteiger partial charge on any atom is -0.463 e. The molecule has 98 valence electrons. The molecule has 1 rings (SSSR count). The number of ether oxygens (including phenoxy) is 2. The van der Waals surface area contributed by atoms with Crippen molar-refractivity contribution in [2.24, 2.45) is 0 Å². The summed E-state index contributed by atoms with van der Waals surface area (Å²) in [6, 6.07) is 7.23. The number of carbonyl (C=O) groups is 1.